The van der Waals surface area contributed by atoms with Gasteiger partial charge in [0.1, 0.15) is 17.9 Å². The number of halogens is 1. The van der Waals surface area contributed by atoms with E-state index in [1.807, 2.05) is 55.5 Å². The number of fused-ring (bicyclic) bond motifs is 1. The third kappa shape index (κ3) is 3.41. The molecule has 3 aromatic rings. The van der Waals surface area contributed by atoms with Gasteiger partial charge in [-0.3, -0.25) is 0 Å². The topological polar surface area (TPSA) is 47.0 Å². The minimum Gasteiger partial charge on any atom is -0.494 e. The van der Waals surface area contributed by atoms with Crippen molar-refractivity contribution in [2.45, 2.75) is 6.92 Å². The van der Waals surface area contributed by atoms with Crippen molar-refractivity contribution >= 4 is 34.8 Å². The Morgan fingerprint density at radius 3 is 2.76 bits per heavy atom. The predicted molar refractivity (Wildman–Crippen MR) is 87.7 cm³/mol. The lowest BCUT2D eigenvalue weighted by Gasteiger charge is -2.09. The molecular formula is C16H16ClN3O. The Kier molecular flexibility index (Phi) is 4.95. The van der Waals surface area contributed by atoms with Crippen molar-refractivity contribution in [3.8, 4) is 5.75 Å². The Morgan fingerprint density at radius 2 is 1.90 bits per heavy atom. The van der Waals surface area contributed by atoms with Crippen LogP contribution in [0.1, 0.15) is 6.92 Å². The van der Waals surface area contributed by atoms with Gasteiger partial charge in [-0.2, -0.15) is 0 Å². The minimum atomic E-state index is 0. The number of aromatic nitrogens is 2. The summed E-state index contributed by atoms with van der Waals surface area (Å²) >= 11 is 0. The number of anilines is 2. The van der Waals surface area contributed by atoms with Gasteiger partial charge in [0, 0.05) is 17.1 Å². The zero-order valence-electron chi connectivity index (χ0n) is 11.6. The molecule has 0 aliphatic carbocycles. The van der Waals surface area contributed by atoms with E-state index in [9.17, 15) is 0 Å². The molecule has 0 fully saturated rings. The van der Waals surface area contributed by atoms with Gasteiger partial charge in [-0.05, 0) is 31.2 Å². The standard InChI is InChI=1S/C16H15N3O.ClH/c1-2-20-13-7-5-6-12(10-13)19-16-14-8-3-4-9-15(14)17-11-18-16;/h3-11H,2H2,1H3,(H,17,18,19);1H. The Labute approximate surface area is 129 Å². The molecule has 0 aliphatic rings. The maximum absolute atomic E-state index is 5.50. The summed E-state index contributed by atoms with van der Waals surface area (Å²) in [7, 11) is 0. The van der Waals surface area contributed by atoms with Crippen LogP contribution in [0.4, 0.5) is 11.5 Å². The number of hydrogen-bond acceptors (Lipinski definition) is 4. The van der Waals surface area contributed by atoms with Crippen molar-refractivity contribution < 1.29 is 4.74 Å². The van der Waals surface area contributed by atoms with E-state index in [4.69, 9.17) is 4.74 Å². The van der Waals surface area contributed by atoms with E-state index in [0.717, 1.165) is 28.2 Å². The zero-order chi connectivity index (χ0) is 13.8. The van der Waals surface area contributed by atoms with Crippen molar-refractivity contribution in [3.05, 3.63) is 54.9 Å². The van der Waals surface area contributed by atoms with Gasteiger partial charge < -0.3 is 10.1 Å². The van der Waals surface area contributed by atoms with E-state index in [0.29, 0.717) is 6.61 Å². The van der Waals surface area contributed by atoms with Gasteiger partial charge in [-0.1, -0.05) is 18.2 Å². The first-order valence-electron chi connectivity index (χ1n) is 6.56. The van der Waals surface area contributed by atoms with Crippen LogP contribution in [0.25, 0.3) is 10.9 Å². The fourth-order valence-electron chi connectivity index (χ4n) is 2.07. The molecule has 4 nitrogen and oxygen atoms in total. The van der Waals surface area contributed by atoms with Crippen molar-refractivity contribution in [3.63, 3.8) is 0 Å². The summed E-state index contributed by atoms with van der Waals surface area (Å²) in [5.41, 5.74) is 1.87. The van der Waals surface area contributed by atoms with Gasteiger partial charge in [0.25, 0.3) is 0 Å². The highest BCUT2D eigenvalue weighted by molar-refractivity contribution is 5.90. The quantitative estimate of drug-likeness (QED) is 0.785. The first-order valence-corrected chi connectivity index (χ1v) is 6.56. The molecule has 0 saturated carbocycles. The summed E-state index contributed by atoms with van der Waals surface area (Å²) in [6, 6.07) is 15.8. The summed E-state index contributed by atoms with van der Waals surface area (Å²) in [6.07, 6.45) is 1.57. The molecule has 3 rings (SSSR count). The van der Waals surface area contributed by atoms with Crippen molar-refractivity contribution in [2.24, 2.45) is 0 Å². The summed E-state index contributed by atoms with van der Waals surface area (Å²) < 4.78 is 5.50. The van der Waals surface area contributed by atoms with Crippen molar-refractivity contribution in [1.29, 1.82) is 0 Å². The second-order valence-electron chi connectivity index (χ2n) is 4.33. The minimum absolute atomic E-state index is 0. The lowest BCUT2D eigenvalue weighted by Crippen LogP contribution is -1.97. The maximum atomic E-state index is 5.50. The molecule has 5 heteroatoms. The number of ether oxygens (including phenoxy) is 1. The third-order valence-electron chi connectivity index (χ3n) is 2.95. The van der Waals surface area contributed by atoms with Gasteiger partial charge >= 0.3 is 0 Å². The second-order valence-corrected chi connectivity index (χ2v) is 4.33. The SMILES string of the molecule is CCOc1cccc(Nc2ncnc3ccccc23)c1.Cl. The highest BCUT2D eigenvalue weighted by Gasteiger charge is 2.03. The summed E-state index contributed by atoms with van der Waals surface area (Å²) in [6.45, 7) is 2.62. The van der Waals surface area contributed by atoms with E-state index in [1.54, 1.807) is 6.33 Å². The predicted octanol–water partition coefficient (Wildman–Crippen LogP) is 4.19. The number of nitrogens with zero attached hydrogens (tertiary/aromatic N) is 2. The average molecular weight is 302 g/mol. The van der Waals surface area contributed by atoms with Crippen LogP contribution >= 0.6 is 12.4 Å². The van der Waals surface area contributed by atoms with Gasteiger partial charge in [0.15, 0.2) is 0 Å². The number of para-hydroxylation sites is 1. The van der Waals surface area contributed by atoms with Crippen LogP contribution in [0.15, 0.2) is 54.9 Å². The van der Waals surface area contributed by atoms with E-state index >= 15 is 0 Å². The molecule has 0 amide bonds. The summed E-state index contributed by atoms with van der Waals surface area (Å²) in [5.74, 6) is 1.64. The van der Waals surface area contributed by atoms with Crippen LogP contribution in [-0.2, 0) is 0 Å². The molecule has 0 aliphatic heterocycles. The summed E-state index contributed by atoms with van der Waals surface area (Å²) in [5, 5.41) is 4.31. The van der Waals surface area contributed by atoms with Gasteiger partial charge in [0.2, 0.25) is 0 Å². The van der Waals surface area contributed by atoms with Gasteiger partial charge in [0.05, 0.1) is 12.1 Å². The van der Waals surface area contributed by atoms with E-state index < -0.39 is 0 Å². The Bertz CT molecular complexity index is 728. The first kappa shape index (κ1) is 15.1. The number of benzene rings is 2. The van der Waals surface area contributed by atoms with Crippen LogP contribution in [-0.4, -0.2) is 16.6 Å². The molecule has 0 saturated heterocycles. The van der Waals surface area contributed by atoms with E-state index in [-0.39, 0.29) is 12.4 Å². The molecule has 1 heterocycles. The Balaban J connectivity index is 0.00000161. The van der Waals surface area contributed by atoms with Gasteiger partial charge in [-0.15, -0.1) is 12.4 Å². The molecule has 2 aromatic carbocycles. The molecule has 0 atom stereocenters. The first-order chi connectivity index (χ1) is 9.86. The molecule has 0 unspecified atom stereocenters. The Morgan fingerprint density at radius 1 is 1.05 bits per heavy atom. The van der Waals surface area contributed by atoms with Crippen LogP contribution in [0.2, 0.25) is 0 Å². The smallest absolute Gasteiger partial charge is 0.141 e. The van der Waals surface area contributed by atoms with Crippen molar-refractivity contribution in [1.82, 2.24) is 9.97 Å². The molecule has 1 N–H and O–H groups in total. The monoisotopic (exact) mass is 301 g/mol. The molecule has 0 spiro atoms. The fourth-order valence-corrected chi connectivity index (χ4v) is 2.07. The molecule has 0 bridgehead atoms. The third-order valence-corrected chi connectivity index (χ3v) is 2.95. The summed E-state index contributed by atoms with van der Waals surface area (Å²) in [4.78, 5) is 8.57. The fraction of sp³-hybridized carbons (Fsp3) is 0.125. The molecule has 1 aromatic heterocycles. The van der Waals surface area contributed by atoms with Crippen LogP contribution < -0.4 is 10.1 Å². The second kappa shape index (κ2) is 6.90. The highest BCUT2D eigenvalue weighted by Crippen LogP contribution is 2.24. The number of nitrogens with one attached hydrogen (secondary N) is 1. The van der Waals surface area contributed by atoms with Crippen molar-refractivity contribution in [2.75, 3.05) is 11.9 Å². The van der Waals surface area contributed by atoms with E-state index in [2.05, 4.69) is 15.3 Å². The average Bonchev–Trinajstić information content (AvgIpc) is 2.48. The van der Waals surface area contributed by atoms with Crippen LogP contribution in [0.3, 0.4) is 0 Å². The zero-order valence-corrected chi connectivity index (χ0v) is 12.4. The molecule has 108 valence electrons. The van der Waals surface area contributed by atoms with E-state index in [1.165, 1.54) is 0 Å². The maximum Gasteiger partial charge on any atom is 0.141 e. The lowest BCUT2D eigenvalue weighted by molar-refractivity contribution is 0.340. The number of hydrogen-bond donors (Lipinski definition) is 1. The molecular weight excluding hydrogens is 286 g/mol. The largest absolute Gasteiger partial charge is 0.494 e. The number of rotatable bonds is 4. The highest BCUT2D eigenvalue weighted by atomic mass is 35.5. The molecule has 0 radical (unpaired) electrons. The lowest BCUT2D eigenvalue weighted by atomic mass is 10.2. The Hall–Kier alpha value is -2.33. The van der Waals surface area contributed by atoms with Crippen LogP contribution in [0, 0.1) is 0 Å². The van der Waals surface area contributed by atoms with Gasteiger partial charge in [-0.25, -0.2) is 9.97 Å². The molecule has 21 heavy (non-hydrogen) atoms. The normalized spacial score (nSPS) is 9.95. The van der Waals surface area contributed by atoms with Crippen LogP contribution in [0.5, 0.6) is 5.75 Å².